The molecule has 30 heavy (non-hydrogen) atoms. The summed E-state index contributed by atoms with van der Waals surface area (Å²) in [6, 6.07) is 10.1. The Bertz CT molecular complexity index is 960. The number of hydrogen-bond acceptors (Lipinski definition) is 4. The lowest BCUT2D eigenvalue weighted by molar-refractivity contribution is -0.125. The zero-order valence-corrected chi connectivity index (χ0v) is 17.3. The number of nitrogens with one attached hydrogen (secondary N) is 3. The van der Waals surface area contributed by atoms with Gasteiger partial charge in [-0.05, 0) is 31.0 Å². The summed E-state index contributed by atoms with van der Waals surface area (Å²) in [5, 5.41) is 8.74. The number of rotatable bonds is 9. The van der Waals surface area contributed by atoms with E-state index in [0.29, 0.717) is 36.2 Å². The Morgan fingerprint density at radius 2 is 1.97 bits per heavy atom. The molecule has 1 aliphatic rings. The molecule has 0 fully saturated rings. The number of amides is 2. The molecule has 0 spiro atoms. The monoisotopic (exact) mass is 410 g/mol. The maximum Gasteiger partial charge on any atom is 0.255 e. The summed E-state index contributed by atoms with van der Waals surface area (Å²) in [5.74, 6) is -0.671. The van der Waals surface area contributed by atoms with Crippen LogP contribution in [0.1, 0.15) is 34.3 Å². The molecule has 2 aromatic rings. The molecule has 0 aliphatic carbocycles. The van der Waals surface area contributed by atoms with Crippen molar-refractivity contribution in [1.29, 1.82) is 0 Å². The van der Waals surface area contributed by atoms with Gasteiger partial charge < -0.3 is 20.9 Å². The van der Waals surface area contributed by atoms with Gasteiger partial charge in [-0.3, -0.25) is 9.59 Å². The van der Waals surface area contributed by atoms with Gasteiger partial charge in [0.1, 0.15) is 6.04 Å². The minimum Gasteiger partial charge on any atom is -0.386 e. The lowest BCUT2D eigenvalue weighted by atomic mass is 10.1. The quantitative estimate of drug-likeness (QED) is 0.553. The van der Waals surface area contributed by atoms with Crippen LogP contribution in [-0.4, -0.2) is 36.9 Å². The molecule has 2 aromatic carbocycles. The summed E-state index contributed by atoms with van der Waals surface area (Å²) in [6.45, 7) is 4.31. The number of fused-ring (bicyclic) bond motifs is 1. The number of benzene rings is 2. The minimum absolute atomic E-state index is 0.172. The van der Waals surface area contributed by atoms with E-state index in [-0.39, 0.29) is 24.2 Å². The van der Waals surface area contributed by atoms with Gasteiger partial charge in [-0.1, -0.05) is 24.3 Å². The van der Waals surface area contributed by atoms with E-state index in [4.69, 9.17) is 0 Å². The van der Waals surface area contributed by atoms with Crippen LogP contribution in [-0.2, 0) is 17.9 Å². The molecule has 0 saturated heterocycles. The predicted molar refractivity (Wildman–Crippen MR) is 117 cm³/mol. The van der Waals surface area contributed by atoms with E-state index in [1.165, 1.54) is 0 Å². The Hall–Kier alpha value is -3.35. The van der Waals surface area contributed by atoms with Crippen LogP contribution in [0.4, 0.5) is 15.8 Å². The third-order valence-corrected chi connectivity index (χ3v) is 5.38. The highest BCUT2D eigenvalue weighted by Gasteiger charge is 2.36. The average molecular weight is 410 g/mol. The smallest absolute Gasteiger partial charge is 0.255 e. The zero-order chi connectivity index (χ0) is 21.7. The van der Waals surface area contributed by atoms with Crippen LogP contribution in [0.3, 0.4) is 0 Å². The molecule has 0 saturated carbocycles. The molecule has 3 rings (SSSR count). The van der Waals surface area contributed by atoms with Gasteiger partial charge in [0.25, 0.3) is 5.91 Å². The van der Waals surface area contributed by atoms with Gasteiger partial charge >= 0.3 is 0 Å². The second-order valence-electron chi connectivity index (χ2n) is 7.14. The normalized spacial score (nSPS) is 13.6. The molecule has 0 bridgehead atoms. The van der Waals surface area contributed by atoms with Gasteiger partial charge in [0, 0.05) is 49.6 Å². The van der Waals surface area contributed by atoms with E-state index in [1.54, 1.807) is 55.4 Å². The highest BCUT2D eigenvalue weighted by molar-refractivity contribution is 6.02. The summed E-state index contributed by atoms with van der Waals surface area (Å²) < 4.78 is 14.5. The maximum absolute atomic E-state index is 14.5. The van der Waals surface area contributed by atoms with Crippen LogP contribution in [0.15, 0.2) is 49.1 Å². The Balaban J connectivity index is 1.83. The van der Waals surface area contributed by atoms with Crippen molar-refractivity contribution in [3.05, 3.63) is 71.6 Å². The van der Waals surface area contributed by atoms with E-state index in [1.807, 2.05) is 6.07 Å². The number of hydrogen-bond donors (Lipinski definition) is 3. The number of halogens is 1. The van der Waals surface area contributed by atoms with Gasteiger partial charge in [-0.2, -0.15) is 0 Å². The fourth-order valence-corrected chi connectivity index (χ4v) is 3.74. The maximum atomic E-state index is 14.5. The van der Waals surface area contributed by atoms with Crippen molar-refractivity contribution in [2.24, 2.45) is 0 Å². The van der Waals surface area contributed by atoms with Gasteiger partial charge in [-0.15, -0.1) is 6.58 Å². The predicted octanol–water partition coefficient (Wildman–Crippen LogP) is 3.52. The fraction of sp³-hybridized carbons (Fsp3) is 0.304. The van der Waals surface area contributed by atoms with Gasteiger partial charge in [0.2, 0.25) is 5.91 Å². The molecule has 0 aromatic heterocycles. The van der Waals surface area contributed by atoms with Crippen molar-refractivity contribution >= 4 is 23.2 Å². The first-order valence-corrected chi connectivity index (χ1v) is 9.96. The van der Waals surface area contributed by atoms with Crippen LogP contribution >= 0.6 is 0 Å². The molecule has 158 valence electrons. The third-order valence-electron chi connectivity index (χ3n) is 5.38. The lowest BCUT2D eigenvalue weighted by Gasteiger charge is -2.26. The Kier molecular flexibility index (Phi) is 6.72. The van der Waals surface area contributed by atoms with E-state index in [9.17, 15) is 14.0 Å². The average Bonchev–Trinajstić information content (AvgIpc) is 3.10. The van der Waals surface area contributed by atoms with Crippen LogP contribution in [0.2, 0.25) is 0 Å². The van der Waals surface area contributed by atoms with E-state index >= 15 is 0 Å². The number of anilines is 2. The number of carbonyl (C=O) groups is 2. The second kappa shape index (κ2) is 9.43. The third kappa shape index (κ3) is 4.15. The molecule has 1 aliphatic heterocycles. The van der Waals surface area contributed by atoms with Gasteiger partial charge in [-0.25, -0.2) is 4.39 Å². The number of nitrogens with zero attached hydrogens (tertiary/aromatic N) is 1. The molecule has 1 heterocycles. The topological polar surface area (TPSA) is 73.5 Å². The van der Waals surface area contributed by atoms with Crippen LogP contribution in [0.5, 0.6) is 0 Å². The van der Waals surface area contributed by atoms with Crippen molar-refractivity contribution in [3.8, 4) is 0 Å². The number of likely N-dealkylation sites (N-methyl/N-ethyl adjacent to an activating group) is 1. The Morgan fingerprint density at radius 1 is 1.23 bits per heavy atom. The SMILES string of the molecule is C=CCCC(C(=O)NC)N1Cc2c(NCc3cccc(NC)c3F)cccc2C1=O. The number of allylic oxidation sites excluding steroid dienone is 1. The van der Waals surface area contributed by atoms with E-state index < -0.39 is 6.04 Å². The van der Waals surface area contributed by atoms with E-state index in [2.05, 4.69) is 22.5 Å². The summed E-state index contributed by atoms with van der Waals surface area (Å²) in [4.78, 5) is 27.0. The molecule has 7 heteroatoms. The van der Waals surface area contributed by atoms with Crippen LogP contribution < -0.4 is 16.0 Å². The first kappa shape index (κ1) is 21.4. The van der Waals surface area contributed by atoms with E-state index in [0.717, 1.165) is 11.3 Å². The van der Waals surface area contributed by atoms with Crippen molar-refractivity contribution in [1.82, 2.24) is 10.2 Å². The van der Waals surface area contributed by atoms with Crippen LogP contribution in [0, 0.1) is 5.82 Å². The largest absolute Gasteiger partial charge is 0.386 e. The highest BCUT2D eigenvalue weighted by atomic mass is 19.1. The summed E-state index contributed by atoms with van der Waals surface area (Å²) in [5.41, 5.74) is 3.11. The second-order valence-corrected chi connectivity index (χ2v) is 7.14. The molecule has 2 amide bonds. The summed E-state index contributed by atoms with van der Waals surface area (Å²) in [6.07, 6.45) is 2.88. The minimum atomic E-state index is -0.564. The highest BCUT2D eigenvalue weighted by Crippen LogP contribution is 2.32. The molecular formula is C23H27FN4O2. The molecular weight excluding hydrogens is 383 g/mol. The zero-order valence-electron chi connectivity index (χ0n) is 17.3. The first-order chi connectivity index (χ1) is 14.5. The molecule has 6 nitrogen and oxygen atoms in total. The summed E-state index contributed by atoms with van der Waals surface area (Å²) >= 11 is 0. The fourth-order valence-electron chi connectivity index (χ4n) is 3.74. The molecule has 1 atom stereocenters. The molecule has 3 N–H and O–H groups in total. The molecule has 1 unspecified atom stereocenters. The summed E-state index contributed by atoms with van der Waals surface area (Å²) in [7, 11) is 3.24. The lowest BCUT2D eigenvalue weighted by Crippen LogP contribution is -2.46. The van der Waals surface area contributed by atoms with Crippen molar-refractivity contribution in [2.45, 2.75) is 32.0 Å². The van der Waals surface area contributed by atoms with Gasteiger partial charge in [0.05, 0.1) is 5.69 Å². The Labute approximate surface area is 176 Å². The van der Waals surface area contributed by atoms with Crippen LogP contribution in [0.25, 0.3) is 0 Å². The van der Waals surface area contributed by atoms with Crippen molar-refractivity contribution < 1.29 is 14.0 Å². The first-order valence-electron chi connectivity index (χ1n) is 9.96. The Morgan fingerprint density at radius 3 is 2.67 bits per heavy atom. The van der Waals surface area contributed by atoms with Crippen molar-refractivity contribution in [3.63, 3.8) is 0 Å². The standard InChI is InChI=1S/C23H27FN4O2/c1-4-5-12-20(22(29)26-3)28-14-17-16(23(28)30)9-7-10-18(17)27-13-15-8-6-11-19(25-2)21(15)24/h4,6-11,20,25,27H,1,5,12-14H2,2-3H3,(H,26,29). The molecule has 0 radical (unpaired) electrons. The number of carbonyl (C=O) groups excluding carboxylic acids is 2. The van der Waals surface area contributed by atoms with Crippen molar-refractivity contribution in [2.75, 3.05) is 24.7 Å². The van der Waals surface area contributed by atoms with Gasteiger partial charge in [0.15, 0.2) is 5.82 Å².